The fraction of sp³-hybridized carbons (Fsp3) is 0.111. The minimum Gasteiger partial charge on any atom is -0.298 e. The van der Waals surface area contributed by atoms with Crippen molar-refractivity contribution < 1.29 is 4.39 Å². The second-order valence-electron chi connectivity index (χ2n) is 5.44. The van der Waals surface area contributed by atoms with Crippen molar-refractivity contribution in [2.75, 3.05) is 0 Å². The van der Waals surface area contributed by atoms with Crippen molar-refractivity contribution in [2.24, 2.45) is 4.99 Å². The average Bonchev–Trinajstić information content (AvgIpc) is 2.82. The molecule has 0 N–H and O–H groups in total. The normalized spacial score (nSPS) is 12.5. The molecule has 1 aliphatic heterocycles. The first-order valence-corrected chi connectivity index (χ1v) is 7.66. The van der Waals surface area contributed by atoms with E-state index in [9.17, 15) is 4.39 Å². The molecule has 0 fully saturated rings. The van der Waals surface area contributed by atoms with Crippen LogP contribution >= 0.6 is 24.0 Å². The van der Waals surface area contributed by atoms with Crippen LogP contribution < -0.4 is 0 Å². The Bertz CT molecular complexity index is 947. The molecular weight excluding hydrogens is 348 g/mol. The Balaban J connectivity index is 0.00000169. The summed E-state index contributed by atoms with van der Waals surface area (Å²) in [6.45, 7) is 2.38. The molecule has 0 spiro atoms. The lowest BCUT2D eigenvalue weighted by molar-refractivity contribution is 0.625. The Morgan fingerprint density at radius 1 is 1.12 bits per heavy atom. The molecule has 4 rings (SSSR count). The summed E-state index contributed by atoms with van der Waals surface area (Å²) >= 11 is 6.19. The fourth-order valence-corrected chi connectivity index (χ4v) is 3.13. The van der Waals surface area contributed by atoms with Crippen molar-refractivity contribution in [3.63, 3.8) is 0 Å². The lowest BCUT2D eigenvalue weighted by Gasteiger charge is -2.14. The molecule has 1 aromatic heterocycles. The first-order chi connectivity index (χ1) is 11.1. The third-order valence-electron chi connectivity index (χ3n) is 3.99. The van der Waals surface area contributed by atoms with Gasteiger partial charge in [-0.1, -0.05) is 23.7 Å². The van der Waals surface area contributed by atoms with Gasteiger partial charge in [-0.3, -0.25) is 9.56 Å². The van der Waals surface area contributed by atoms with Crippen LogP contribution in [0.3, 0.4) is 0 Å². The van der Waals surface area contributed by atoms with Crippen LogP contribution in [-0.2, 0) is 6.54 Å². The molecule has 3 aromatic rings. The summed E-state index contributed by atoms with van der Waals surface area (Å²) in [5.41, 5.74) is 3.79. The highest BCUT2D eigenvalue weighted by Gasteiger charge is 2.22. The number of halogens is 3. The number of rotatable bonds is 1. The monoisotopic (exact) mass is 361 g/mol. The minimum absolute atomic E-state index is 0. The SMILES string of the molecule is Cc1ncc2n1-c1ccc(Cl)cc1C(c1ccccc1F)=NC2.Cl. The summed E-state index contributed by atoms with van der Waals surface area (Å²) in [7, 11) is 0. The topological polar surface area (TPSA) is 30.2 Å². The van der Waals surface area contributed by atoms with E-state index in [0.29, 0.717) is 22.8 Å². The number of hydrogen-bond donors (Lipinski definition) is 0. The van der Waals surface area contributed by atoms with E-state index >= 15 is 0 Å². The molecule has 0 radical (unpaired) electrons. The molecule has 0 saturated heterocycles. The predicted molar refractivity (Wildman–Crippen MR) is 96.3 cm³/mol. The van der Waals surface area contributed by atoms with Gasteiger partial charge in [0.2, 0.25) is 0 Å². The second kappa shape index (κ2) is 6.38. The molecule has 1 aliphatic rings. The first-order valence-electron chi connectivity index (χ1n) is 7.28. The number of aryl methyl sites for hydroxylation is 1. The average molecular weight is 362 g/mol. The molecule has 2 heterocycles. The highest BCUT2D eigenvalue weighted by Crippen LogP contribution is 2.29. The zero-order valence-electron chi connectivity index (χ0n) is 12.8. The van der Waals surface area contributed by atoms with Crippen molar-refractivity contribution in [1.82, 2.24) is 9.55 Å². The van der Waals surface area contributed by atoms with Crippen molar-refractivity contribution in [3.05, 3.63) is 82.1 Å². The summed E-state index contributed by atoms with van der Waals surface area (Å²) in [5, 5.41) is 0.592. The lowest BCUT2D eigenvalue weighted by Crippen LogP contribution is -2.09. The summed E-state index contributed by atoms with van der Waals surface area (Å²) in [6, 6.07) is 12.3. The fourth-order valence-electron chi connectivity index (χ4n) is 2.95. The third-order valence-corrected chi connectivity index (χ3v) is 4.23. The smallest absolute Gasteiger partial charge is 0.132 e. The van der Waals surface area contributed by atoms with E-state index in [4.69, 9.17) is 11.6 Å². The molecule has 0 bridgehead atoms. The van der Waals surface area contributed by atoms with Gasteiger partial charge in [0.05, 0.1) is 29.8 Å². The number of aliphatic imine (C=N–C) groups is 1. The van der Waals surface area contributed by atoms with Crippen molar-refractivity contribution in [2.45, 2.75) is 13.5 Å². The van der Waals surface area contributed by atoms with Crippen molar-refractivity contribution >= 4 is 29.7 Å². The molecule has 0 aliphatic carbocycles. The van der Waals surface area contributed by atoms with Crippen LogP contribution in [0.15, 0.2) is 53.7 Å². The van der Waals surface area contributed by atoms with Gasteiger partial charge in [-0.15, -0.1) is 12.4 Å². The first kappa shape index (κ1) is 16.7. The van der Waals surface area contributed by atoms with E-state index in [1.807, 2.05) is 42.0 Å². The van der Waals surface area contributed by atoms with Gasteiger partial charge in [-0.05, 0) is 37.3 Å². The van der Waals surface area contributed by atoms with Crippen LogP contribution in [0.5, 0.6) is 0 Å². The van der Waals surface area contributed by atoms with E-state index < -0.39 is 0 Å². The third kappa shape index (κ3) is 2.62. The highest BCUT2D eigenvalue weighted by atomic mass is 35.5. The maximum absolute atomic E-state index is 14.3. The largest absolute Gasteiger partial charge is 0.298 e. The van der Waals surface area contributed by atoms with Gasteiger partial charge in [0.1, 0.15) is 11.6 Å². The number of hydrogen-bond acceptors (Lipinski definition) is 2. The number of nitrogens with zero attached hydrogens (tertiary/aromatic N) is 3. The zero-order valence-corrected chi connectivity index (χ0v) is 14.4. The van der Waals surface area contributed by atoms with Crippen molar-refractivity contribution in [1.29, 1.82) is 0 Å². The minimum atomic E-state index is -0.293. The standard InChI is InChI=1S/C18H13ClFN3.ClH/c1-11-21-9-13-10-22-18(14-4-2-3-5-16(14)20)15-8-12(19)6-7-17(15)23(11)13;/h2-9H,10H2,1H3;1H. The van der Waals surface area contributed by atoms with Crippen LogP contribution in [0.2, 0.25) is 5.02 Å². The van der Waals surface area contributed by atoms with Gasteiger partial charge >= 0.3 is 0 Å². The Kier molecular flexibility index (Phi) is 4.43. The summed E-state index contributed by atoms with van der Waals surface area (Å²) < 4.78 is 16.3. The van der Waals surface area contributed by atoms with E-state index in [2.05, 4.69) is 9.98 Å². The van der Waals surface area contributed by atoms with Crippen molar-refractivity contribution in [3.8, 4) is 5.69 Å². The molecular formula is C18H14Cl2FN3. The molecule has 122 valence electrons. The molecule has 0 unspecified atom stereocenters. The van der Waals surface area contributed by atoms with E-state index in [-0.39, 0.29) is 18.2 Å². The van der Waals surface area contributed by atoms with E-state index in [1.54, 1.807) is 12.1 Å². The lowest BCUT2D eigenvalue weighted by atomic mass is 10.00. The van der Waals surface area contributed by atoms with Gasteiger partial charge in [-0.25, -0.2) is 9.37 Å². The van der Waals surface area contributed by atoms with E-state index in [1.165, 1.54) is 6.07 Å². The number of aromatic nitrogens is 2. The Morgan fingerprint density at radius 3 is 2.71 bits per heavy atom. The molecule has 0 amide bonds. The second-order valence-corrected chi connectivity index (χ2v) is 5.87. The van der Waals surface area contributed by atoms with Crippen LogP contribution in [0.4, 0.5) is 4.39 Å². The Labute approximate surface area is 150 Å². The summed E-state index contributed by atoms with van der Waals surface area (Å²) in [4.78, 5) is 9.01. The van der Waals surface area contributed by atoms with Gasteiger partial charge in [-0.2, -0.15) is 0 Å². The molecule has 0 saturated carbocycles. The molecule has 6 heteroatoms. The zero-order chi connectivity index (χ0) is 16.0. The number of imidazole rings is 1. The molecule has 0 atom stereocenters. The summed E-state index contributed by atoms with van der Waals surface area (Å²) in [5.74, 6) is 0.576. The highest BCUT2D eigenvalue weighted by molar-refractivity contribution is 6.31. The van der Waals surface area contributed by atoms with Gasteiger partial charge in [0.25, 0.3) is 0 Å². The Hall–Kier alpha value is -2.17. The maximum atomic E-state index is 14.3. The quantitative estimate of drug-likeness (QED) is 0.615. The van der Waals surface area contributed by atoms with Gasteiger partial charge in [0, 0.05) is 16.1 Å². The number of benzene rings is 2. The van der Waals surface area contributed by atoms with E-state index in [0.717, 1.165) is 22.8 Å². The molecule has 3 nitrogen and oxygen atoms in total. The molecule has 2 aromatic carbocycles. The van der Waals surface area contributed by atoms with Crippen LogP contribution in [0.1, 0.15) is 22.6 Å². The predicted octanol–water partition coefficient (Wildman–Crippen LogP) is 4.75. The van der Waals surface area contributed by atoms with Gasteiger partial charge in [0.15, 0.2) is 0 Å². The number of fused-ring (bicyclic) bond motifs is 3. The van der Waals surface area contributed by atoms with Crippen LogP contribution in [-0.4, -0.2) is 15.3 Å². The maximum Gasteiger partial charge on any atom is 0.132 e. The molecule has 24 heavy (non-hydrogen) atoms. The Morgan fingerprint density at radius 2 is 1.92 bits per heavy atom. The van der Waals surface area contributed by atoms with Crippen LogP contribution in [0, 0.1) is 12.7 Å². The summed E-state index contributed by atoms with van der Waals surface area (Å²) in [6.07, 6.45) is 1.81. The van der Waals surface area contributed by atoms with Gasteiger partial charge < -0.3 is 0 Å². The van der Waals surface area contributed by atoms with Crippen LogP contribution in [0.25, 0.3) is 5.69 Å².